The van der Waals surface area contributed by atoms with Crippen LogP contribution in [0.5, 0.6) is 0 Å². The molecule has 1 saturated heterocycles. The number of aromatic nitrogens is 2. The molecule has 1 aliphatic heterocycles. The van der Waals surface area contributed by atoms with Crippen molar-refractivity contribution in [2.24, 2.45) is 17.8 Å². The number of hydrogen-bond donors (Lipinski definition) is 2. The van der Waals surface area contributed by atoms with Gasteiger partial charge in [0.2, 0.25) is 5.91 Å². The molecule has 0 spiro atoms. The second kappa shape index (κ2) is 6.52. The molecule has 3 aliphatic rings. The lowest BCUT2D eigenvalue weighted by Gasteiger charge is -2.26. The van der Waals surface area contributed by atoms with E-state index >= 15 is 0 Å². The maximum absolute atomic E-state index is 12.8. The number of thioether (sulfide) groups is 1. The topological polar surface area (TPSA) is 58.4 Å². The first kappa shape index (κ1) is 17.6. The molecule has 6 heteroatoms. The molecule has 1 amide bonds. The highest BCUT2D eigenvalue weighted by molar-refractivity contribution is 8.00. The Labute approximate surface area is 164 Å². The summed E-state index contributed by atoms with van der Waals surface area (Å²) in [6.07, 6.45) is 9.36. The molecule has 2 aromatic rings. The zero-order valence-electron chi connectivity index (χ0n) is 16.1. The van der Waals surface area contributed by atoms with Crippen LogP contribution in [0.15, 0.2) is 29.4 Å². The third-order valence-corrected chi connectivity index (χ3v) is 7.92. The largest absolute Gasteiger partial charge is 0.344 e. The van der Waals surface area contributed by atoms with Crippen LogP contribution in [0.2, 0.25) is 0 Å². The normalized spacial score (nSPS) is 27.9. The van der Waals surface area contributed by atoms with E-state index in [0.29, 0.717) is 11.8 Å². The second-order valence-corrected chi connectivity index (χ2v) is 10.2. The minimum Gasteiger partial charge on any atom is -0.344 e. The molecular formula is C21H28N4OS. The van der Waals surface area contributed by atoms with Gasteiger partial charge in [-0.15, -0.1) is 11.8 Å². The summed E-state index contributed by atoms with van der Waals surface area (Å²) in [6.45, 7) is 6.09. The van der Waals surface area contributed by atoms with E-state index in [2.05, 4.69) is 47.2 Å². The molecule has 0 aromatic carbocycles. The van der Waals surface area contributed by atoms with Gasteiger partial charge in [-0.05, 0) is 63.7 Å². The molecule has 3 fully saturated rings. The Morgan fingerprint density at radius 2 is 2.04 bits per heavy atom. The van der Waals surface area contributed by atoms with E-state index in [1.54, 1.807) is 0 Å². The van der Waals surface area contributed by atoms with E-state index < -0.39 is 5.54 Å². The summed E-state index contributed by atoms with van der Waals surface area (Å²) in [5.41, 5.74) is 0.656. The van der Waals surface area contributed by atoms with Crippen molar-refractivity contribution < 1.29 is 4.79 Å². The number of imidazole rings is 1. The number of nitrogens with zero attached hydrogens (tertiary/aromatic N) is 2. The van der Waals surface area contributed by atoms with Crippen molar-refractivity contribution in [1.29, 1.82) is 0 Å². The van der Waals surface area contributed by atoms with Crippen molar-refractivity contribution >= 4 is 23.2 Å². The molecule has 2 aromatic heterocycles. The molecule has 3 heterocycles. The highest BCUT2D eigenvalue weighted by Crippen LogP contribution is 2.49. The van der Waals surface area contributed by atoms with Gasteiger partial charge in [-0.2, -0.15) is 0 Å². The second-order valence-electron chi connectivity index (χ2n) is 8.86. The Morgan fingerprint density at radius 1 is 1.30 bits per heavy atom. The van der Waals surface area contributed by atoms with Gasteiger partial charge in [0.25, 0.3) is 0 Å². The van der Waals surface area contributed by atoms with Crippen molar-refractivity contribution in [3.05, 3.63) is 30.4 Å². The van der Waals surface area contributed by atoms with Crippen LogP contribution in [0.25, 0.3) is 5.52 Å². The van der Waals surface area contributed by atoms with Crippen molar-refractivity contribution in [2.45, 2.75) is 55.2 Å². The number of nitrogens with one attached hydrogen (secondary N) is 2. The molecular weight excluding hydrogens is 356 g/mol. The lowest BCUT2D eigenvalue weighted by Crippen LogP contribution is -2.44. The zero-order chi connectivity index (χ0) is 18.6. The number of amides is 1. The van der Waals surface area contributed by atoms with Gasteiger partial charge in [-0.1, -0.05) is 12.8 Å². The van der Waals surface area contributed by atoms with E-state index in [0.717, 1.165) is 29.7 Å². The SMILES string of the molecule is CC(C)(NC(=O)[C@@H]1[C@@H]2CNC[C@@H]21)c1ncc2c(SC3CCCC3)cccn12. The zero-order valence-corrected chi connectivity index (χ0v) is 16.9. The maximum atomic E-state index is 12.8. The Bertz CT molecular complexity index is 860. The monoisotopic (exact) mass is 384 g/mol. The fraction of sp³-hybridized carbons (Fsp3) is 0.619. The summed E-state index contributed by atoms with van der Waals surface area (Å²) in [4.78, 5) is 18.8. The molecule has 5 nitrogen and oxygen atoms in total. The minimum atomic E-state index is -0.496. The van der Waals surface area contributed by atoms with Gasteiger partial charge in [0, 0.05) is 22.3 Å². The van der Waals surface area contributed by atoms with Gasteiger partial charge >= 0.3 is 0 Å². The Kier molecular flexibility index (Phi) is 4.24. The summed E-state index contributed by atoms with van der Waals surface area (Å²) in [6, 6.07) is 4.30. The summed E-state index contributed by atoms with van der Waals surface area (Å²) >= 11 is 1.99. The Hall–Kier alpha value is -1.53. The van der Waals surface area contributed by atoms with Crippen LogP contribution >= 0.6 is 11.8 Å². The van der Waals surface area contributed by atoms with Gasteiger partial charge in [0.05, 0.1) is 17.3 Å². The summed E-state index contributed by atoms with van der Waals surface area (Å²) in [5, 5.41) is 7.36. The van der Waals surface area contributed by atoms with E-state index in [-0.39, 0.29) is 11.8 Å². The third kappa shape index (κ3) is 3.07. The van der Waals surface area contributed by atoms with Crippen molar-refractivity contribution in [2.75, 3.05) is 13.1 Å². The van der Waals surface area contributed by atoms with Crippen LogP contribution in [-0.2, 0) is 10.3 Å². The van der Waals surface area contributed by atoms with Gasteiger partial charge in [0.1, 0.15) is 5.82 Å². The molecule has 0 unspecified atom stereocenters. The van der Waals surface area contributed by atoms with Crippen LogP contribution in [0, 0.1) is 17.8 Å². The first-order valence-corrected chi connectivity index (χ1v) is 11.1. The maximum Gasteiger partial charge on any atom is 0.224 e. The van der Waals surface area contributed by atoms with Crippen LogP contribution in [-0.4, -0.2) is 33.6 Å². The summed E-state index contributed by atoms with van der Waals surface area (Å²) < 4.78 is 2.16. The van der Waals surface area contributed by atoms with Gasteiger partial charge in [-0.25, -0.2) is 4.98 Å². The van der Waals surface area contributed by atoms with Crippen molar-refractivity contribution in [1.82, 2.24) is 20.0 Å². The molecule has 5 rings (SSSR count). The van der Waals surface area contributed by atoms with Crippen LogP contribution in [0.4, 0.5) is 0 Å². The molecule has 0 bridgehead atoms. The fourth-order valence-electron chi connectivity index (χ4n) is 5.00. The van der Waals surface area contributed by atoms with E-state index in [4.69, 9.17) is 4.98 Å². The fourth-order valence-corrected chi connectivity index (χ4v) is 6.36. The lowest BCUT2D eigenvalue weighted by atomic mass is 10.0. The van der Waals surface area contributed by atoms with Crippen molar-refractivity contribution in [3.8, 4) is 0 Å². The number of piperidine rings is 1. The van der Waals surface area contributed by atoms with Gasteiger partial charge < -0.3 is 15.0 Å². The quantitative estimate of drug-likeness (QED) is 0.831. The molecule has 2 N–H and O–H groups in total. The van der Waals surface area contributed by atoms with Gasteiger partial charge in [0.15, 0.2) is 0 Å². The number of carbonyl (C=O) groups excluding carboxylic acids is 1. The van der Waals surface area contributed by atoms with E-state index in [9.17, 15) is 4.79 Å². The first-order chi connectivity index (χ1) is 13.0. The summed E-state index contributed by atoms with van der Waals surface area (Å²) in [7, 11) is 0. The molecule has 144 valence electrons. The molecule has 27 heavy (non-hydrogen) atoms. The number of pyridine rings is 1. The average molecular weight is 385 g/mol. The predicted molar refractivity (Wildman–Crippen MR) is 108 cm³/mol. The average Bonchev–Trinajstić information content (AvgIpc) is 3.12. The van der Waals surface area contributed by atoms with Crippen molar-refractivity contribution in [3.63, 3.8) is 0 Å². The minimum absolute atomic E-state index is 0.185. The standard InChI is InChI=1S/C21H28N4OS/c1-21(2,24-19(26)18-14-10-22-11-15(14)18)20-23-12-16-17(8-5-9-25(16)20)27-13-6-3-4-7-13/h5,8-9,12-15,18,22H,3-4,6-7,10-11H2,1-2H3,(H,24,26)/t14-,15+,18-. The number of fused-ring (bicyclic) bond motifs is 2. The van der Waals surface area contributed by atoms with Crippen LogP contribution in [0.3, 0.4) is 0 Å². The smallest absolute Gasteiger partial charge is 0.224 e. The highest BCUT2D eigenvalue weighted by Gasteiger charge is 2.57. The van der Waals surface area contributed by atoms with Crippen LogP contribution < -0.4 is 10.6 Å². The number of rotatable bonds is 5. The van der Waals surface area contributed by atoms with Gasteiger partial charge in [-0.3, -0.25) is 4.79 Å². The number of hydrogen-bond acceptors (Lipinski definition) is 4. The molecule has 2 saturated carbocycles. The third-order valence-electron chi connectivity index (χ3n) is 6.52. The predicted octanol–water partition coefficient (Wildman–Crippen LogP) is 3.19. The Balaban J connectivity index is 1.38. The van der Waals surface area contributed by atoms with E-state index in [1.165, 1.54) is 30.6 Å². The molecule has 2 aliphatic carbocycles. The van der Waals surface area contributed by atoms with Crippen LogP contribution in [0.1, 0.15) is 45.4 Å². The van der Waals surface area contributed by atoms with E-state index in [1.807, 2.05) is 18.0 Å². The summed E-state index contributed by atoms with van der Waals surface area (Å²) in [5.74, 6) is 2.35. The Morgan fingerprint density at radius 3 is 2.78 bits per heavy atom. The lowest BCUT2D eigenvalue weighted by molar-refractivity contribution is -0.124. The molecule has 0 radical (unpaired) electrons. The molecule has 3 atom stereocenters. The number of carbonyl (C=O) groups is 1. The highest BCUT2D eigenvalue weighted by atomic mass is 32.2. The first-order valence-electron chi connectivity index (χ1n) is 10.2.